The average molecular weight is 749 g/mol. The molecule has 0 spiro atoms. The van der Waals surface area contributed by atoms with Crippen molar-refractivity contribution in [2.24, 2.45) is 29.1 Å². The molecular formula is C40H53FN6O7. The van der Waals surface area contributed by atoms with E-state index in [0.717, 1.165) is 57.5 Å². The first kappa shape index (κ1) is 40.7. The van der Waals surface area contributed by atoms with Gasteiger partial charge in [0.15, 0.2) is 17.3 Å². The number of nitrogens with zero attached hydrogens (tertiary/aromatic N) is 5. The van der Waals surface area contributed by atoms with Crippen LogP contribution in [0.25, 0.3) is 0 Å². The molecule has 1 saturated heterocycles. The quantitative estimate of drug-likeness (QED) is 0.201. The van der Waals surface area contributed by atoms with E-state index in [1.165, 1.54) is 23.5 Å². The molecular weight excluding hydrogens is 695 g/mol. The van der Waals surface area contributed by atoms with E-state index in [2.05, 4.69) is 25.3 Å². The van der Waals surface area contributed by atoms with E-state index in [-0.39, 0.29) is 61.4 Å². The molecule has 3 heterocycles. The van der Waals surface area contributed by atoms with E-state index in [9.17, 15) is 33.2 Å². The highest BCUT2D eigenvalue weighted by molar-refractivity contribution is 6.38. The van der Waals surface area contributed by atoms with Crippen molar-refractivity contribution in [3.8, 4) is 5.88 Å². The number of hydrogen-bond acceptors (Lipinski definition) is 11. The zero-order chi connectivity index (χ0) is 39.0. The van der Waals surface area contributed by atoms with Crippen molar-refractivity contribution in [3.05, 3.63) is 42.6 Å². The Morgan fingerprint density at radius 1 is 0.963 bits per heavy atom. The van der Waals surface area contributed by atoms with Crippen LogP contribution < -0.4 is 10.1 Å². The minimum Gasteiger partial charge on any atom is -0.470 e. The van der Waals surface area contributed by atoms with Crippen molar-refractivity contribution in [1.29, 1.82) is 0 Å². The summed E-state index contributed by atoms with van der Waals surface area (Å²) >= 11 is 0. The van der Waals surface area contributed by atoms with Gasteiger partial charge < -0.3 is 15.0 Å². The summed E-state index contributed by atoms with van der Waals surface area (Å²) in [6, 6.07) is -1.91. The predicted octanol–water partition coefficient (Wildman–Crippen LogP) is 5.07. The molecule has 5 rings (SSSR count). The van der Waals surface area contributed by atoms with Crippen LogP contribution in [0.2, 0.25) is 0 Å². The summed E-state index contributed by atoms with van der Waals surface area (Å²) in [5, 5.41) is 2.91. The van der Waals surface area contributed by atoms with Crippen LogP contribution >= 0.6 is 0 Å². The van der Waals surface area contributed by atoms with Gasteiger partial charge in [-0.3, -0.25) is 33.8 Å². The van der Waals surface area contributed by atoms with E-state index in [4.69, 9.17) is 4.74 Å². The molecule has 2 amide bonds. The number of rotatable bonds is 18. The lowest BCUT2D eigenvalue weighted by Gasteiger charge is -2.36. The van der Waals surface area contributed by atoms with Crippen LogP contribution in [0.5, 0.6) is 5.88 Å². The summed E-state index contributed by atoms with van der Waals surface area (Å²) in [4.78, 5) is 99.7. The van der Waals surface area contributed by atoms with Crippen molar-refractivity contribution in [3.63, 3.8) is 0 Å². The minimum absolute atomic E-state index is 0.000743. The molecule has 0 aromatic carbocycles. The zero-order valence-corrected chi connectivity index (χ0v) is 31.8. The Morgan fingerprint density at radius 3 is 2.33 bits per heavy atom. The molecule has 2 saturated carbocycles. The summed E-state index contributed by atoms with van der Waals surface area (Å²) in [6.45, 7) is 7.31. The lowest BCUT2D eigenvalue weighted by atomic mass is 9.74. The summed E-state index contributed by atoms with van der Waals surface area (Å²) in [5.74, 6) is -5.48. The maximum atomic E-state index is 14.8. The van der Waals surface area contributed by atoms with Crippen molar-refractivity contribution in [1.82, 2.24) is 30.2 Å². The predicted molar refractivity (Wildman–Crippen MR) is 194 cm³/mol. The Bertz CT molecular complexity index is 1670. The zero-order valence-electron chi connectivity index (χ0n) is 31.8. The van der Waals surface area contributed by atoms with Crippen molar-refractivity contribution >= 4 is 34.9 Å². The van der Waals surface area contributed by atoms with Crippen LogP contribution in [0.4, 0.5) is 4.39 Å². The molecule has 0 radical (unpaired) electrons. The molecule has 14 heteroatoms. The van der Waals surface area contributed by atoms with Crippen LogP contribution in [0, 0.1) is 34.9 Å². The van der Waals surface area contributed by atoms with E-state index >= 15 is 0 Å². The molecule has 2 aromatic rings. The van der Waals surface area contributed by atoms with Gasteiger partial charge in [-0.1, -0.05) is 53.4 Å². The van der Waals surface area contributed by atoms with Crippen molar-refractivity contribution in [2.75, 3.05) is 6.54 Å². The van der Waals surface area contributed by atoms with Gasteiger partial charge in [0.1, 0.15) is 18.1 Å². The summed E-state index contributed by atoms with van der Waals surface area (Å²) in [5.41, 5.74) is -0.687. The summed E-state index contributed by atoms with van der Waals surface area (Å²) in [7, 11) is 0. The van der Waals surface area contributed by atoms with Gasteiger partial charge in [-0.2, -0.15) is 9.37 Å². The normalized spacial score (nSPS) is 20.8. The molecule has 3 unspecified atom stereocenters. The number of aromatic nitrogens is 4. The van der Waals surface area contributed by atoms with Gasteiger partial charge in [-0.05, 0) is 49.4 Å². The number of carbonyl (C=O) groups is 6. The van der Waals surface area contributed by atoms with Crippen LogP contribution in [0.3, 0.4) is 0 Å². The number of ether oxygens (including phenoxy) is 1. The molecule has 1 aliphatic heterocycles. The minimum atomic E-state index is -1.05. The second kappa shape index (κ2) is 18.2. The number of amides is 2. The number of halogens is 1. The third-order valence-electron chi connectivity index (χ3n) is 11.0. The molecule has 3 aliphatic rings. The molecule has 13 nitrogen and oxygen atoms in total. The van der Waals surface area contributed by atoms with Crippen LogP contribution in [-0.4, -0.2) is 84.5 Å². The van der Waals surface area contributed by atoms with Gasteiger partial charge in [-0.25, -0.2) is 9.97 Å². The smallest absolute Gasteiger partial charge is 0.272 e. The fourth-order valence-corrected chi connectivity index (χ4v) is 7.80. The van der Waals surface area contributed by atoms with Gasteiger partial charge in [-0.15, -0.1) is 0 Å². The third-order valence-corrected chi connectivity index (χ3v) is 11.0. The first-order chi connectivity index (χ1) is 25.8. The molecule has 54 heavy (non-hydrogen) atoms. The van der Waals surface area contributed by atoms with Gasteiger partial charge >= 0.3 is 0 Å². The number of carbonyl (C=O) groups excluding carboxylic acids is 6. The fraction of sp³-hybridized carbons (Fsp3) is 0.650. The second-order valence-electron chi connectivity index (χ2n) is 16.3. The van der Waals surface area contributed by atoms with Gasteiger partial charge in [0.25, 0.3) is 11.8 Å². The van der Waals surface area contributed by atoms with E-state index in [1.54, 1.807) is 0 Å². The number of nitrogens with one attached hydrogen (secondary N) is 1. The summed E-state index contributed by atoms with van der Waals surface area (Å²) in [6.07, 6.45) is 12.3. The van der Waals surface area contributed by atoms with Gasteiger partial charge in [0.2, 0.25) is 17.5 Å². The maximum absolute atomic E-state index is 14.8. The Morgan fingerprint density at radius 2 is 1.70 bits per heavy atom. The fourth-order valence-electron chi connectivity index (χ4n) is 7.80. The van der Waals surface area contributed by atoms with E-state index < -0.39 is 70.4 Å². The number of ketones is 4. The number of Topliss-reactive ketones (excluding diaryl/α,β-unsaturated/α-hetero) is 4. The molecule has 292 valence electrons. The molecule has 3 fully saturated rings. The monoisotopic (exact) mass is 748 g/mol. The molecule has 1 N–H and O–H groups in total. The first-order valence-corrected chi connectivity index (χ1v) is 19.4. The second-order valence-corrected chi connectivity index (χ2v) is 16.3. The van der Waals surface area contributed by atoms with Gasteiger partial charge in [0, 0.05) is 49.9 Å². The lowest BCUT2D eigenvalue weighted by molar-refractivity contribution is -0.147. The third kappa shape index (κ3) is 10.6. The van der Waals surface area contributed by atoms with Crippen molar-refractivity contribution < 1.29 is 37.9 Å². The molecule has 5 atom stereocenters. The average Bonchev–Trinajstić information content (AvgIpc) is 3.87. The SMILES string of the molecule is CCCC(CC(=O)[C@H]1C[C@H](Oc2ncncc2F)CN1C(=O)C(CC(=O)C(NC(=O)c1cnccn1)C1CCCCC1)C(C)(C)C)C(=O)C(=O)CC1CC1. The maximum Gasteiger partial charge on any atom is 0.272 e. The van der Waals surface area contributed by atoms with E-state index in [1.807, 2.05) is 27.7 Å². The Kier molecular flexibility index (Phi) is 13.7. The summed E-state index contributed by atoms with van der Waals surface area (Å²) < 4.78 is 20.5. The highest BCUT2D eigenvalue weighted by atomic mass is 19.1. The highest BCUT2D eigenvalue weighted by Crippen LogP contribution is 2.37. The molecule has 0 bridgehead atoms. The van der Waals surface area contributed by atoms with Crippen LogP contribution in [-0.2, 0) is 24.0 Å². The Hall–Kier alpha value is -4.49. The highest BCUT2D eigenvalue weighted by Gasteiger charge is 2.47. The van der Waals surface area contributed by atoms with Crippen molar-refractivity contribution in [2.45, 2.75) is 129 Å². The standard InChI is InChI=1S/C40H53FN6O7/c1-5-9-26(36(51)34(50)16-24-12-13-24)17-32(48)31-18-27(54-38-29(41)20-43-23-45-38)22-47(31)39(53)28(40(2,3)4)19-33(49)35(25-10-7-6-8-11-25)46-37(52)30-21-42-14-15-44-30/h14-15,20-21,23-28,31,35H,5-13,16-19,22H2,1-4H3,(H,46,52)/t26?,27-,28?,31+,35?/m0/s1. The number of likely N-dealkylation sites (tertiary alicyclic amines) is 1. The van der Waals surface area contributed by atoms with Crippen LogP contribution in [0.1, 0.15) is 122 Å². The largest absolute Gasteiger partial charge is 0.470 e. The topological polar surface area (TPSA) is 178 Å². The lowest BCUT2D eigenvalue weighted by Crippen LogP contribution is -2.51. The van der Waals surface area contributed by atoms with E-state index in [0.29, 0.717) is 12.8 Å². The molecule has 2 aromatic heterocycles. The van der Waals surface area contributed by atoms with Gasteiger partial charge in [0.05, 0.1) is 31.0 Å². The Balaban J connectivity index is 1.40. The Labute approximate surface area is 316 Å². The number of hydrogen-bond donors (Lipinski definition) is 1. The molecule has 2 aliphatic carbocycles. The first-order valence-electron chi connectivity index (χ1n) is 19.4. The van der Waals surface area contributed by atoms with Crippen LogP contribution in [0.15, 0.2) is 31.1 Å².